The lowest BCUT2D eigenvalue weighted by Crippen LogP contribution is -2.30. The van der Waals surface area contributed by atoms with E-state index in [0.717, 1.165) is 0 Å². The molecule has 0 aliphatic heterocycles. The molecule has 0 heterocycles. The van der Waals surface area contributed by atoms with Crippen molar-refractivity contribution in [2.75, 3.05) is 18.4 Å². The Hall–Kier alpha value is -2.15. The third kappa shape index (κ3) is 5.92. The van der Waals surface area contributed by atoms with E-state index in [0.29, 0.717) is 28.4 Å². The lowest BCUT2D eigenvalue weighted by Gasteiger charge is -2.16. The maximum Gasteiger partial charge on any atom is 0.251 e. The second-order valence-corrected chi connectivity index (χ2v) is 6.69. The molecular formula is C19H20Cl2FN3O2. The van der Waals surface area contributed by atoms with Crippen molar-refractivity contribution in [3.05, 3.63) is 63.4 Å². The average molecular weight is 412 g/mol. The van der Waals surface area contributed by atoms with Gasteiger partial charge < -0.3 is 16.0 Å². The minimum absolute atomic E-state index is 0.0207. The van der Waals surface area contributed by atoms with E-state index in [1.54, 1.807) is 31.2 Å². The van der Waals surface area contributed by atoms with Crippen LogP contribution < -0.4 is 16.0 Å². The van der Waals surface area contributed by atoms with E-state index in [4.69, 9.17) is 23.2 Å². The first-order valence-electron chi connectivity index (χ1n) is 8.37. The Bertz CT molecular complexity index is 846. The van der Waals surface area contributed by atoms with E-state index in [1.165, 1.54) is 12.1 Å². The fourth-order valence-electron chi connectivity index (χ4n) is 2.43. The first kappa shape index (κ1) is 21.2. The Labute approximate surface area is 167 Å². The summed E-state index contributed by atoms with van der Waals surface area (Å²) >= 11 is 11.8. The molecule has 8 heteroatoms. The Kier molecular flexibility index (Phi) is 7.59. The smallest absolute Gasteiger partial charge is 0.251 e. The van der Waals surface area contributed by atoms with E-state index in [1.807, 2.05) is 6.92 Å². The van der Waals surface area contributed by atoms with Crippen LogP contribution in [0.2, 0.25) is 10.0 Å². The predicted molar refractivity (Wildman–Crippen MR) is 106 cm³/mol. The molecule has 0 aliphatic rings. The van der Waals surface area contributed by atoms with Gasteiger partial charge in [0, 0.05) is 28.9 Å². The average Bonchev–Trinajstić information content (AvgIpc) is 2.63. The molecule has 5 nitrogen and oxygen atoms in total. The molecule has 0 bridgehead atoms. The summed E-state index contributed by atoms with van der Waals surface area (Å²) in [6.07, 6.45) is 0. The standard InChI is InChI=1S/C19H20Cl2FN3O2/c1-3-23-19(27)12-5-4-6-13(7-12)25-18(26)10-24-11(2)14-8-17(22)16(21)9-15(14)20/h4-9,11,24H,3,10H2,1-2H3,(H,23,27)(H,25,26)/t11-/m0/s1. The van der Waals surface area contributed by atoms with Crippen LogP contribution >= 0.6 is 23.2 Å². The number of amides is 2. The van der Waals surface area contributed by atoms with E-state index < -0.39 is 5.82 Å². The molecule has 144 valence electrons. The van der Waals surface area contributed by atoms with Crippen molar-refractivity contribution in [1.29, 1.82) is 0 Å². The lowest BCUT2D eigenvalue weighted by molar-refractivity contribution is -0.115. The molecule has 0 fully saturated rings. The maximum absolute atomic E-state index is 13.6. The topological polar surface area (TPSA) is 70.2 Å². The van der Waals surface area contributed by atoms with Gasteiger partial charge in [-0.1, -0.05) is 29.3 Å². The Morgan fingerprint density at radius 3 is 2.59 bits per heavy atom. The minimum Gasteiger partial charge on any atom is -0.352 e. The third-order valence-corrected chi connectivity index (χ3v) is 4.44. The zero-order valence-electron chi connectivity index (χ0n) is 14.9. The number of halogens is 3. The van der Waals surface area contributed by atoms with Gasteiger partial charge in [-0.3, -0.25) is 9.59 Å². The first-order valence-corrected chi connectivity index (χ1v) is 9.13. The molecule has 0 radical (unpaired) electrons. The number of rotatable bonds is 7. The van der Waals surface area contributed by atoms with Gasteiger partial charge in [-0.15, -0.1) is 0 Å². The predicted octanol–water partition coefficient (Wildman–Crippen LogP) is 4.17. The van der Waals surface area contributed by atoms with Crippen LogP contribution in [0.3, 0.4) is 0 Å². The summed E-state index contributed by atoms with van der Waals surface area (Å²) in [5, 5.41) is 8.65. The first-order chi connectivity index (χ1) is 12.8. The highest BCUT2D eigenvalue weighted by Crippen LogP contribution is 2.28. The molecule has 0 unspecified atom stereocenters. The molecular weight excluding hydrogens is 392 g/mol. The van der Waals surface area contributed by atoms with Crippen molar-refractivity contribution >= 4 is 40.7 Å². The molecule has 0 saturated carbocycles. The monoisotopic (exact) mass is 411 g/mol. The molecule has 2 amide bonds. The van der Waals surface area contributed by atoms with Gasteiger partial charge in [-0.25, -0.2) is 4.39 Å². The molecule has 2 aromatic carbocycles. The Balaban J connectivity index is 1.96. The Morgan fingerprint density at radius 2 is 1.89 bits per heavy atom. The Morgan fingerprint density at radius 1 is 1.15 bits per heavy atom. The number of hydrogen-bond donors (Lipinski definition) is 3. The van der Waals surface area contributed by atoms with Gasteiger partial charge in [0.15, 0.2) is 0 Å². The maximum atomic E-state index is 13.6. The van der Waals surface area contributed by atoms with Crippen LogP contribution in [0, 0.1) is 5.82 Å². The van der Waals surface area contributed by atoms with Gasteiger partial charge in [0.25, 0.3) is 5.91 Å². The lowest BCUT2D eigenvalue weighted by atomic mass is 10.1. The molecule has 2 aromatic rings. The van der Waals surface area contributed by atoms with Crippen LogP contribution in [0.15, 0.2) is 36.4 Å². The summed E-state index contributed by atoms with van der Waals surface area (Å²) in [6.45, 7) is 4.09. The highest BCUT2D eigenvalue weighted by molar-refractivity contribution is 6.35. The van der Waals surface area contributed by atoms with Crippen LogP contribution in [0.4, 0.5) is 10.1 Å². The SMILES string of the molecule is CCNC(=O)c1cccc(NC(=O)CN[C@@H](C)c2cc(F)c(Cl)cc2Cl)c1. The zero-order valence-corrected chi connectivity index (χ0v) is 16.4. The van der Waals surface area contributed by atoms with Crippen LogP contribution in [-0.4, -0.2) is 24.9 Å². The molecule has 0 aromatic heterocycles. The van der Waals surface area contributed by atoms with Gasteiger partial charge in [0.1, 0.15) is 5.82 Å². The summed E-state index contributed by atoms with van der Waals surface area (Å²) in [4.78, 5) is 24.0. The molecule has 0 spiro atoms. The summed E-state index contributed by atoms with van der Waals surface area (Å²) in [7, 11) is 0. The van der Waals surface area contributed by atoms with Crippen LogP contribution in [0.1, 0.15) is 35.8 Å². The fraction of sp³-hybridized carbons (Fsp3) is 0.263. The van der Waals surface area contributed by atoms with E-state index in [-0.39, 0.29) is 29.4 Å². The normalized spacial score (nSPS) is 11.7. The van der Waals surface area contributed by atoms with E-state index in [9.17, 15) is 14.0 Å². The van der Waals surface area contributed by atoms with Crippen molar-refractivity contribution in [2.24, 2.45) is 0 Å². The second-order valence-electron chi connectivity index (χ2n) is 5.88. The molecule has 3 N–H and O–H groups in total. The number of carbonyl (C=O) groups is 2. The van der Waals surface area contributed by atoms with E-state index >= 15 is 0 Å². The highest BCUT2D eigenvalue weighted by Gasteiger charge is 2.14. The quantitative estimate of drug-likeness (QED) is 0.598. The van der Waals surface area contributed by atoms with Crippen LogP contribution in [0.25, 0.3) is 0 Å². The third-order valence-electron chi connectivity index (χ3n) is 3.82. The second kappa shape index (κ2) is 9.69. The largest absolute Gasteiger partial charge is 0.352 e. The summed E-state index contributed by atoms with van der Waals surface area (Å²) in [5.74, 6) is -1.09. The van der Waals surface area contributed by atoms with Gasteiger partial charge in [-0.05, 0) is 49.7 Å². The van der Waals surface area contributed by atoms with Crippen LogP contribution in [-0.2, 0) is 4.79 Å². The molecule has 0 aliphatic carbocycles. The number of carbonyl (C=O) groups excluding carboxylic acids is 2. The van der Waals surface area contributed by atoms with Crippen LogP contribution in [0.5, 0.6) is 0 Å². The van der Waals surface area contributed by atoms with Gasteiger partial charge in [0.05, 0.1) is 11.6 Å². The molecule has 27 heavy (non-hydrogen) atoms. The van der Waals surface area contributed by atoms with E-state index in [2.05, 4.69) is 16.0 Å². The van der Waals surface area contributed by atoms with Crippen molar-refractivity contribution in [2.45, 2.75) is 19.9 Å². The molecule has 1 atom stereocenters. The van der Waals surface area contributed by atoms with Gasteiger partial charge >= 0.3 is 0 Å². The van der Waals surface area contributed by atoms with Crippen molar-refractivity contribution in [3.63, 3.8) is 0 Å². The van der Waals surface area contributed by atoms with Crippen molar-refractivity contribution < 1.29 is 14.0 Å². The minimum atomic E-state index is -0.573. The number of benzene rings is 2. The summed E-state index contributed by atoms with van der Waals surface area (Å²) in [6, 6.07) is 8.85. The van der Waals surface area contributed by atoms with Crippen molar-refractivity contribution in [3.8, 4) is 0 Å². The van der Waals surface area contributed by atoms with Crippen molar-refractivity contribution in [1.82, 2.24) is 10.6 Å². The van der Waals surface area contributed by atoms with Gasteiger partial charge in [-0.2, -0.15) is 0 Å². The summed E-state index contributed by atoms with van der Waals surface area (Å²) < 4.78 is 13.6. The molecule has 2 rings (SSSR count). The number of hydrogen-bond acceptors (Lipinski definition) is 3. The number of anilines is 1. The summed E-state index contributed by atoms with van der Waals surface area (Å²) in [5.41, 5.74) is 1.47. The number of nitrogens with one attached hydrogen (secondary N) is 3. The highest BCUT2D eigenvalue weighted by atomic mass is 35.5. The van der Waals surface area contributed by atoms with Gasteiger partial charge in [0.2, 0.25) is 5.91 Å². The molecule has 0 saturated heterocycles. The zero-order chi connectivity index (χ0) is 20.0. The fourth-order valence-corrected chi connectivity index (χ4v) is 2.98.